The lowest BCUT2D eigenvalue weighted by Gasteiger charge is -2.16. The molecule has 0 bridgehead atoms. The zero-order chi connectivity index (χ0) is 14.7. The van der Waals surface area contributed by atoms with E-state index in [2.05, 4.69) is 59.9 Å². The fourth-order valence-corrected chi connectivity index (χ4v) is 3.90. The number of benzene rings is 2. The lowest BCUT2D eigenvalue weighted by Crippen LogP contribution is -1.98. The van der Waals surface area contributed by atoms with Crippen LogP contribution in [0.25, 0.3) is 0 Å². The highest BCUT2D eigenvalue weighted by atomic mass is 79.9. The summed E-state index contributed by atoms with van der Waals surface area (Å²) >= 11 is 10.8. The molecule has 0 fully saturated rings. The van der Waals surface area contributed by atoms with Crippen molar-refractivity contribution in [2.24, 2.45) is 0 Å². The maximum Gasteiger partial charge on any atom is 0.127 e. The van der Waals surface area contributed by atoms with E-state index in [4.69, 9.17) is 9.47 Å². The summed E-state index contributed by atoms with van der Waals surface area (Å²) in [7, 11) is 3.31. The van der Waals surface area contributed by atoms with Crippen LogP contribution < -0.4 is 9.47 Å². The number of methoxy groups -OCH3 is 2. The van der Waals surface area contributed by atoms with E-state index in [-0.39, 0.29) is 4.83 Å². The number of rotatable bonds is 4. The fraction of sp³-hybridized carbons (Fsp3) is 0.200. The van der Waals surface area contributed by atoms with E-state index >= 15 is 0 Å². The average Bonchev–Trinajstić information content (AvgIpc) is 2.44. The Morgan fingerprint density at radius 3 is 2.10 bits per heavy atom. The van der Waals surface area contributed by atoms with Crippen LogP contribution in [0.15, 0.2) is 45.3 Å². The van der Waals surface area contributed by atoms with Crippen molar-refractivity contribution in [1.82, 2.24) is 0 Å². The average molecular weight is 465 g/mol. The first-order valence-corrected chi connectivity index (χ1v) is 8.37. The molecular weight excluding hydrogens is 452 g/mol. The minimum Gasteiger partial charge on any atom is -0.497 e. The summed E-state index contributed by atoms with van der Waals surface area (Å²) in [5, 5.41) is 0. The third-order valence-electron chi connectivity index (χ3n) is 2.89. The van der Waals surface area contributed by atoms with Gasteiger partial charge in [-0.3, -0.25) is 0 Å². The van der Waals surface area contributed by atoms with Crippen LogP contribution in [0.3, 0.4) is 0 Å². The first-order chi connectivity index (χ1) is 9.55. The number of halogens is 3. The summed E-state index contributed by atoms with van der Waals surface area (Å²) in [6, 6.07) is 12.0. The predicted octanol–water partition coefficient (Wildman–Crippen LogP) is 5.71. The van der Waals surface area contributed by atoms with Crippen LogP contribution in [0.4, 0.5) is 0 Å². The summed E-state index contributed by atoms with van der Waals surface area (Å²) in [6.45, 7) is 0. The van der Waals surface area contributed by atoms with E-state index < -0.39 is 0 Å². The first kappa shape index (κ1) is 15.9. The Morgan fingerprint density at radius 2 is 1.55 bits per heavy atom. The van der Waals surface area contributed by atoms with Gasteiger partial charge in [0.1, 0.15) is 11.5 Å². The Balaban J connectivity index is 2.44. The molecule has 2 aromatic rings. The molecule has 0 radical (unpaired) electrons. The molecule has 0 heterocycles. The largest absolute Gasteiger partial charge is 0.497 e. The van der Waals surface area contributed by atoms with Crippen molar-refractivity contribution in [2.75, 3.05) is 14.2 Å². The van der Waals surface area contributed by atoms with Gasteiger partial charge < -0.3 is 9.47 Å². The third-order valence-corrected chi connectivity index (χ3v) is 4.83. The highest BCUT2D eigenvalue weighted by molar-refractivity contribution is 9.11. The number of hydrogen-bond acceptors (Lipinski definition) is 2. The van der Waals surface area contributed by atoms with Crippen LogP contribution in [-0.2, 0) is 0 Å². The number of hydrogen-bond donors (Lipinski definition) is 0. The number of ether oxygens (including phenoxy) is 2. The van der Waals surface area contributed by atoms with Crippen molar-refractivity contribution in [3.8, 4) is 11.5 Å². The van der Waals surface area contributed by atoms with Crippen molar-refractivity contribution in [1.29, 1.82) is 0 Å². The molecule has 0 aliphatic rings. The molecule has 0 aliphatic carbocycles. The lowest BCUT2D eigenvalue weighted by atomic mass is 10.0. The molecule has 0 saturated carbocycles. The van der Waals surface area contributed by atoms with E-state index in [9.17, 15) is 0 Å². The molecule has 2 aromatic carbocycles. The molecule has 0 aliphatic heterocycles. The molecule has 0 spiro atoms. The van der Waals surface area contributed by atoms with Gasteiger partial charge in [0.15, 0.2) is 0 Å². The minimum atomic E-state index is 0.0390. The van der Waals surface area contributed by atoms with Crippen LogP contribution >= 0.6 is 47.8 Å². The molecule has 5 heteroatoms. The highest BCUT2D eigenvalue weighted by Gasteiger charge is 2.17. The van der Waals surface area contributed by atoms with Crippen molar-refractivity contribution in [2.45, 2.75) is 4.83 Å². The summed E-state index contributed by atoms with van der Waals surface area (Å²) in [4.78, 5) is 0.0390. The van der Waals surface area contributed by atoms with Gasteiger partial charge in [-0.2, -0.15) is 0 Å². The van der Waals surface area contributed by atoms with Gasteiger partial charge in [-0.05, 0) is 29.8 Å². The second-order valence-electron chi connectivity index (χ2n) is 4.17. The van der Waals surface area contributed by atoms with Gasteiger partial charge in [0, 0.05) is 20.6 Å². The maximum absolute atomic E-state index is 5.46. The van der Waals surface area contributed by atoms with Gasteiger partial charge in [-0.1, -0.05) is 53.9 Å². The minimum absolute atomic E-state index is 0.0390. The molecule has 106 valence electrons. The molecule has 1 unspecified atom stereocenters. The Hall–Kier alpha value is -0.520. The quantitative estimate of drug-likeness (QED) is 0.539. The molecular formula is C15H13Br3O2. The van der Waals surface area contributed by atoms with Crippen LogP contribution in [-0.4, -0.2) is 14.2 Å². The maximum atomic E-state index is 5.46. The topological polar surface area (TPSA) is 18.5 Å². The van der Waals surface area contributed by atoms with Crippen molar-refractivity contribution in [3.05, 3.63) is 56.5 Å². The smallest absolute Gasteiger partial charge is 0.127 e. The van der Waals surface area contributed by atoms with Crippen LogP contribution in [0, 0.1) is 0 Å². The Labute approximate surface area is 143 Å². The van der Waals surface area contributed by atoms with Crippen molar-refractivity contribution < 1.29 is 9.47 Å². The second kappa shape index (κ2) is 6.96. The Bertz CT molecular complexity index is 594. The van der Waals surface area contributed by atoms with E-state index in [1.165, 1.54) is 0 Å². The van der Waals surface area contributed by atoms with Gasteiger partial charge in [-0.15, -0.1) is 0 Å². The zero-order valence-electron chi connectivity index (χ0n) is 11.0. The zero-order valence-corrected chi connectivity index (χ0v) is 15.7. The molecule has 0 aromatic heterocycles. The first-order valence-electron chi connectivity index (χ1n) is 5.87. The molecule has 0 N–H and O–H groups in total. The van der Waals surface area contributed by atoms with E-state index in [1.807, 2.05) is 24.3 Å². The van der Waals surface area contributed by atoms with Gasteiger partial charge in [0.2, 0.25) is 0 Å². The van der Waals surface area contributed by atoms with Gasteiger partial charge in [0.05, 0.1) is 19.0 Å². The van der Waals surface area contributed by atoms with Gasteiger partial charge in [-0.25, -0.2) is 0 Å². The Kier molecular flexibility index (Phi) is 5.52. The Morgan fingerprint density at radius 1 is 0.900 bits per heavy atom. The summed E-state index contributed by atoms with van der Waals surface area (Å²) in [5.41, 5.74) is 2.19. The summed E-state index contributed by atoms with van der Waals surface area (Å²) < 4.78 is 12.7. The predicted molar refractivity (Wildman–Crippen MR) is 92.2 cm³/mol. The second-order valence-corrected chi connectivity index (χ2v) is 6.92. The molecule has 1 atom stereocenters. The third kappa shape index (κ3) is 3.57. The van der Waals surface area contributed by atoms with Crippen LogP contribution in [0.1, 0.15) is 16.0 Å². The van der Waals surface area contributed by atoms with Crippen molar-refractivity contribution >= 4 is 47.8 Å². The molecule has 2 nitrogen and oxygen atoms in total. The normalized spacial score (nSPS) is 12.1. The molecule has 20 heavy (non-hydrogen) atoms. The molecule has 2 rings (SSSR count). The molecule has 0 amide bonds. The standard InChI is InChI=1S/C15H13Br3O2/c1-19-12-3-4-13(14(8-12)20-2)15(18)9-5-10(16)7-11(17)6-9/h3-8,15H,1-2H3. The fourth-order valence-electron chi connectivity index (χ4n) is 1.93. The van der Waals surface area contributed by atoms with Gasteiger partial charge >= 0.3 is 0 Å². The highest BCUT2D eigenvalue weighted by Crippen LogP contribution is 2.39. The van der Waals surface area contributed by atoms with Crippen LogP contribution in [0.2, 0.25) is 0 Å². The summed E-state index contributed by atoms with van der Waals surface area (Å²) in [6.07, 6.45) is 0. The van der Waals surface area contributed by atoms with Gasteiger partial charge in [0.25, 0.3) is 0 Å². The molecule has 0 saturated heterocycles. The lowest BCUT2D eigenvalue weighted by molar-refractivity contribution is 0.391. The summed E-state index contributed by atoms with van der Waals surface area (Å²) in [5.74, 6) is 1.57. The van der Waals surface area contributed by atoms with Crippen molar-refractivity contribution in [3.63, 3.8) is 0 Å². The van der Waals surface area contributed by atoms with E-state index in [0.717, 1.165) is 31.6 Å². The van der Waals surface area contributed by atoms with E-state index in [1.54, 1.807) is 14.2 Å². The SMILES string of the molecule is COc1ccc(C(Br)c2cc(Br)cc(Br)c2)c(OC)c1. The number of alkyl halides is 1. The monoisotopic (exact) mass is 462 g/mol. The van der Waals surface area contributed by atoms with Crippen LogP contribution in [0.5, 0.6) is 11.5 Å². The van der Waals surface area contributed by atoms with E-state index in [0.29, 0.717) is 0 Å².